The van der Waals surface area contributed by atoms with Gasteiger partial charge in [-0.05, 0) is 38.0 Å². The van der Waals surface area contributed by atoms with Crippen molar-refractivity contribution in [2.45, 2.75) is 45.0 Å². The van der Waals surface area contributed by atoms with Gasteiger partial charge in [0.05, 0.1) is 24.1 Å². The molecule has 2 aromatic heterocycles. The maximum atomic E-state index is 12.8. The highest BCUT2D eigenvalue weighted by atomic mass is 16.3. The van der Waals surface area contributed by atoms with Crippen LogP contribution in [0.4, 0.5) is 0 Å². The third-order valence-electron chi connectivity index (χ3n) is 6.09. The van der Waals surface area contributed by atoms with Crippen molar-refractivity contribution in [3.63, 3.8) is 0 Å². The molecule has 1 fully saturated rings. The number of aryl methyl sites for hydroxylation is 1. The number of aliphatic hydroxyl groups is 1. The summed E-state index contributed by atoms with van der Waals surface area (Å²) in [5.74, 6) is -0.0843. The van der Waals surface area contributed by atoms with Crippen LogP contribution in [0.5, 0.6) is 0 Å². The van der Waals surface area contributed by atoms with Crippen LogP contribution in [-0.4, -0.2) is 44.9 Å². The Labute approximate surface area is 176 Å². The molecule has 1 aliphatic rings. The average Bonchev–Trinajstić information content (AvgIpc) is 3.41. The number of β-amino-alcohol motifs (C(OH)–C–C–N with tert-alkyl or cyclic N) is 1. The first-order chi connectivity index (χ1) is 14.5. The number of carbonyl (C=O) groups excluding carboxylic acids is 1. The number of hydrogen-bond donors (Lipinski definition) is 2. The Morgan fingerprint density at radius 1 is 1.30 bits per heavy atom. The van der Waals surface area contributed by atoms with E-state index in [4.69, 9.17) is 4.42 Å². The van der Waals surface area contributed by atoms with Gasteiger partial charge in [-0.1, -0.05) is 30.3 Å². The number of aliphatic hydroxyl groups excluding tert-OH is 1. The van der Waals surface area contributed by atoms with Crippen molar-refractivity contribution in [3.05, 3.63) is 77.5 Å². The third-order valence-corrected chi connectivity index (χ3v) is 6.09. The molecule has 0 spiro atoms. The molecule has 0 unspecified atom stereocenters. The van der Waals surface area contributed by atoms with Gasteiger partial charge >= 0.3 is 0 Å². The molecule has 0 radical (unpaired) electrons. The van der Waals surface area contributed by atoms with Crippen LogP contribution < -0.4 is 5.32 Å². The van der Waals surface area contributed by atoms with Crippen LogP contribution in [0.15, 0.2) is 59.3 Å². The Bertz CT molecular complexity index is 983. The fourth-order valence-corrected chi connectivity index (χ4v) is 4.30. The third kappa shape index (κ3) is 3.78. The van der Waals surface area contributed by atoms with Gasteiger partial charge in [0, 0.05) is 37.4 Å². The SMILES string of the molecule is CCn1ncc(CN2CC[C@@](NC(=O)c3ccco3)(c3ccccc3)[C@H](O)C2)c1C. The van der Waals surface area contributed by atoms with E-state index in [-0.39, 0.29) is 11.7 Å². The minimum atomic E-state index is -0.871. The number of piperidine rings is 1. The van der Waals surface area contributed by atoms with Gasteiger partial charge in [-0.25, -0.2) is 0 Å². The van der Waals surface area contributed by atoms with Crippen molar-refractivity contribution < 1.29 is 14.3 Å². The predicted octanol–water partition coefficient (Wildman–Crippen LogP) is 2.70. The second-order valence-corrected chi connectivity index (χ2v) is 7.84. The minimum absolute atomic E-state index is 0.238. The van der Waals surface area contributed by atoms with Gasteiger partial charge in [0.2, 0.25) is 0 Å². The van der Waals surface area contributed by atoms with Crippen LogP contribution >= 0.6 is 0 Å². The Balaban J connectivity index is 1.56. The quantitative estimate of drug-likeness (QED) is 0.655. The number of nitrogens with one attached hydrogen (secondary N) is 1. The number of aromatic nitrogens is 2. The highest BCUT2D eigenvalue weighted by molar-refractivity contribution is 5.92. The summed E-state index contributed by atoms with van der Waals surface area (Å²) in [6, 6.07) is 13.0. The van der Waals surface area contributed by atoms with Crippen molar-refractivity contribution in [2.75, 3.05) is 13.1 Å². The molecule has 158 valence electrons. The Kier molecular flexibility index (Phi) is 5.74. The highest BCUT2D eigenvalue weighted by Gasteiger charge is 2.45. The lowest BCUT2D eigenvalue weighted by Crippen LogP contribution is -2.61. The van der Waals surface area contributed by atoms with Crippen molar-refractivity contribution >= 4 is 5.91 Å². The van der Waals surface area contributed by atoms with Crippen molar-refractivity contribution in [2.24, 2.45) is 0 Å². The largest absolute Gasteiger partial charge is 0.459 e. The van der Waals surface area contributed by atoms with Gasteiger partial charge in [0.1, 0.15) is 0 Å². The fraction of sp³-hybridized carbons (Fsp3) is 0.391. The highest BCUT2D eigenvalue weighted by Crippen LogP contribution is 2.34. The number of benzene rings is 1. The van der Waals surface area contributed by atoms with Gasteiger partial charge in [-0.3, -0.25) is 14.4 Å². The topological polar surface area (TPSA) is 83.5 Å². The van der Waals surface area contributed by atoms with E-state index >= 15 is 0 Å². The van der Waals surface area contributed by atoms with Crippen molar-refractivity contribution in [1.29, 1.82) is 0 Å². The maximum Gasteiger partial charge on any atom is 0.287 e. The van der Waals surface area contributed by atoms with Gasteiger partial charge in [-0.15, -0.1) is 0 Å². The van der Waals surface area contributed by atoms with E-state index in [1.165, 1.54) is 6.26 Å². The molecular weight excluding hydrogens is 380 g/mol. The summed E-state index contributed by atoms with van der Waals surface area (Å²) in [6.45, 7) is 6.89. The molecule has 2 atom stereocenters. The monoisotopic (exact) mass is 408 g/mol. The fourth-order valence-electron chi connectivity index (χ4n) is 4.30. The Hall–Kier alpha value is -2.90. The lowest BCUT2D eigenvalue weighted by atomic mass is 9.78. The van der Waals surface area contributed by atoms with Crippen LogP contribution in [0.3, 0.4) is 0 Å². The molecule has 0 saturated carbocycles. The van der Waals surface area contributed by atoms with E-state index < -0.39 is 11.6 Å². The molecule has 7 nitrogen and oxygen atoms in total. The molecule has 1 amide bonds. The molecule has 1 aromatic carbocycles. The molecule has 7 heteroatoms. The number of rotatable bonds is 6. The zero-order valence-electron chi connectivity index (χ0n) is 17.4. The minimum Gasteiger partial charge on any atom is -0.459 e. The summed E-state index contributed by atoms with van der Waals surface area (Å²) in [5.41, 5.74) is 2.34. The number of likely N-dealkylation sites (tertiary alicyclic amines) is 1. The number of amides is 1. The first kappa shape index (κ1) is 20.4. The van der Waals surface area contributed by atoms with Crippen LogP contribution in [0.1, 0.15) is 40.7 Å². The first-order valence-electron chi connectivity index (χ1n) is 10.4. The van der Waals surface area contributed by atoms with Crippen molar-refractivity contribution in [1.82, 2.24) is 20.0 Å². The second kappa shape index (κ2) is 8.45. The summed E-state index contributed by atoms with van der Waals surface area (Å²) in [7, 11) is 0. The lowest BCUT2D eigenvalue weighted by Gasteiger charge is -2.46. The molecule has 30 heavy (non-hydrogen) atoms. The zero-order chi connectivity index (χ0) is 21.1. The maximum absolute atomic E-state index is 12.8. The predicted molar refractivity (Wildman–Crippen MR) is 113 cm³/mol. The number of nitrogens with zero attached hydrogens (tertiary/aromatic N) is 3. The molecule has 0 aliphatic carbocycles. The van der Waals surface area contributed by atoms with Gasteiger partial charge < -0.3 is 14.8 Å². The van der Waals surface area contributed by atoms with E-state index in [1.54, 1.807) is 12.1 Å². The van der Waals surface area contributed by atoms with Crippen LogP contribution in [0.2, 0.25) is 0 Å². The van der Waals surface area contributed by atoms with E-state index in [0.717, 1.165) is 36.5 Å². The summed E-state index contributed by atoms with van der Waals surface area (Å²) < 4.78 is 7.25. The Morgan fingerprint density at radius 3 is 2.73 bits per heavy atom. The zero-order valence-corrected chi connectivity index (χ0v) is 17.4. The second-order valence-electron chi connectivity index (χ2n) is 7.84. The lowest BCUT2D eigenvalue weighted by molar-refractivity contribution is -0.0185. The molecule has 2 N–H and O–H groups in total. The van der Waals surface area contributed by atoms with Gasteiger partial charge in [-0.2, -0.15) is 5.10 Å². The molecule has 4 rings (SSSR count). The van der Waals surface area contributed by atoms with E-state index in [0.29, 0.717) is 13.0 Å². The number of carbonyl (C=O) groups is 1. The van der Waals surface area contributed by atoms with E-state index in [2.05, 4.69) is 29.2 Å². The summed E-state index contributed by atoms with van der Waals surface area (Å²) >= 11 is 0. The number of hydrogen-bond acceptors (Lipinski definition) is 5. The first-order valence-corrected chi connectivity index (χ1v) is 10.4. The molecular formula is C23H28N4O3. The molecule has 1 aliphatic heterocycles. The van der Waals surface area contributed by atoms with E-state index in [1.807, 2.05) is 41.2 Å². The Morgan fingerprint density at radius 2 is 2.10 bits per heavy atom. The molecule has 3 aromatic rings. The van der Waals surface area contributed by atoms with Gasteiger partial charge in [0.15, 0.2) is 5.76 Å². The summed E-state index contributed by atoms with van der Waals surface area (Å²) in [6.07, 6.45) is 3.20. The molecule has 3 heterocycles. The van der Waals surface area contributed by atoms with Crippen molar-refractivity contribution in [3.8, 4) is 0 Å². The number of furan rings is 1. The normalized spacial score (nSPS) is 22.2. The molecule has 1 saturated heterocycles. The average molecular weight is 409 g/mol. The standard InChI is InChI=1S/C23H28N4O3/c1-3-27-17(2)18(14-24-27)15-26-12-11-23(21(28)16-26,19-8-5-4-6-9-19)25-22(29)20-10-7-13-30-20/h4-10,13-14,21,28H,3,11-12,15-16H2,1-2H3,(H,25,29)/t21-,23-/m1/s1. The van der Waals surface area contributed by atoms with Gasteiger partial charge in [0.25, 0.3) is 5.91 Å². The van der Waals surface area contributed by atoms with Crippen LogP contribution in [0, 0.1) is 6.92 Å². The van der Waals surface area contributed by atoms with Crippen LogP contribution in [-0.2, 0) is 18.6 Å². The smallest absolute Gasteiger partial charge is 0.287 e. The molecule has 0 bridgehead atoms. The summed E-state index contributed by atoms with van der Waals surface area (Å²) in [5, 5.41) is 18.8. The van der Waals surface area contributed by atoms with E-state index in [9.17, 15) is 9.90 Å². The van der Waals surface area contributed by atoms with Crippen LogP contribution in [0.25, 0.3) is 0 Å². The summed E-state index contributed by atoms with van der Waals surface area (Å²) in [4.78, 5) is 15.0.